The van der Waals surface area contributed by atoms with E-state index >= 15 is 0 Å². The first-order valence-corrected chi connectivity index (χ1v) is 15.2. The highest BCUT2D eigenvalue weighted by Gasteiger charge is 2.53. The van der Waals surface area contributed by atoms with Gasteiger partial charge in [0.2, 0.25) is 0 Å². The van der Waals surface area contributed by atoms with Gasteiger partial charge in [0.05, 0.1) is 4.91 Å². The van der Waals surface area contributed by atoms with Crippen molar-refractivity contribution in [2.45, 2.75) is 51.0 Å². The molecule has 7 rings (SSSR count). The number of carbonyl (C=O) groups excluding carboxylic acids is 1. The van der Waals surface area contributed by atoms with Gasteiger partial charge in [0.25, 0.3) is 5.91 Å². The number of halogens is 1. The molecule has 2 heterocycles. The summed E-state index contributed by atoms with van der Waals surface area (Å²) in [6, 6.07) is 10.2. The van der Waals surface area contributed by atoms with E-state index in [2.05, 4.69) is 17.9 Å². The van der Waals surface area contributed by atoms with Crippen molar-refractivity contribution in [1.82, 2.24) is 4.90 Å². The lowest BCUT2D eigenvalue weighted by molar-refractivity contribution is -0.130. The lowest BCUT2D eigenvalue weighted by Crippen LogP contribution is -2.57. The van der Waals surface area contributed by atoms with Crippen molar-refractivity contribution in [3.8, 4) is 22.3 Å². The molecule has 1 amide bonds. The maximum absolute atomic E-state index is 13.7. The summed E-state index contributed by atoms with van der Waals surface area (Å²) in [5, 5.41) is 9.80. The van der Waals surface area contributed by atoms with E-state index < -0.39 is 0 Å². The number of carbonyl (C=O) groups is 1. The summed E-state index contributed by atoms with van der Waals surface area (Å²) in [7, 11) is 0. The van der Waals surface area contributed by atoms with Gasteiger partial charge in [-0.3, -0.25) is 9.69 Å². The number of aliphatic hydroxyl groups is 1. The predicted octanol–water partition coefficient (Wildman–Crippen LogP) is 7.22. The van der Waals surface area contributed by atoms with Crippen molar-refractivity contribution >= 4 is 63.2 Å². The first-order chi connectivity index (χ1) is 17.5. The van der Waals surface area contributed by atoms with Gasteiger partial charge in [0.15, 0.2) is 0 Å². The van der Waals surface area contributed by atoms with Crippen LogP contribution in [0.15, 0.2) is 35.2 Å². The van der Waals surface area contributed by atoms with Crippen LogP contribution in [0, 0.1) is 35.5 Å². The van der Waals surface area contributed by atoms with Crippen molar-refractivity contribution in [1.29, 1.82) is 0 Å². The molecule has 0 unspecified atom stereocenters. The second-order valence-corrected chi connectivity index (χ2v) is 13.7. The van der Waals surface area contributed by atoms with Gasteiger partial charge in [-0.05, 0) is 92.0 Å². The van der Waals surface area contributed by atoms with E-state index in [0.717, 1.165) is 32.7 Å². The molecule has 5 aliphatic rings. The highest BCUT2D eigenvalue weighted by atomic mass is 35.5. The normalized spacial score (nSPS) is 29.8. The summed E-state index contributed by atoms with van der Waals surface area (Å²) in [6.07, 6.45) is 9.72. The zero-order chi connectivity index (χ0) is 24.8. The topological polar surface area (TPSA) is 40.5 Å². The molecule has 1 saturated heterocycles. The van der Waals surface area contributed by atoms with Gasteiger partial charge in [0.1, 0.15) is 4.32 Å². The second-order valence-electron chi connectivity index (χ2n) is 10.5. The number of thioether (sulfide) groups is 1. The lowest BCUT2D eigenvalue weighted by atomic mass is 9.54. The first-order valence-electron chi connectivity index (χ1n) is 12.8. The van der Waals surface area contributed by atoms with Crippen LogP contribution in [0.1, 0.15) is 55.4 Å². The van der Waals surface area contributed by atoms with Gasteiger partial charge < -0.3 is 5.11 Å². The Morgan fingerprint density at radius 2 is 1.81 bits per heavy atom. The zero-order valence-electron chi connectivity index (χ0n) is 19.9. The molecule has 36 heavy (non-hydrogen) atoms. The molecule has 4 aliphatic carbocycles. The maximum Gasteiger partial charge on any atom is 0.266 e. The van der Waals surface area contributed by atoms with Gasteiger partial charge >= 0.3 is 0 Å². The highest BCUT2D eigenvalue weighted by Crippen LogP contribution is 2.56. The summed E-state index contributed by atoms with van der Waals surface area (Å²) >= 11 is 15.0. The monoisotopic (exact) mass is 553 g/mol. The van der Waals surface area contributed by atoms with E-state index in [1.807, 2.05) is 35.2 Å². The van der Waals surface area contributed by atoms with Crippen LogP contribution in [0.4, 0.5) is 0 Å². The Morgan fingerprint density at radius 3 is 2.47 bits per heavy atom. The van der Waals surface area contributed by atoms with E-state index in [0.29, 0.717) is 38.9 Å². The fourth-order valence-electron chi connectivity index (χ4n) is 6.87. The largest absolute Gasteiger partial charge is 0.396 e. The molecule has 1 aromatic carbocycles. The highest BCUT2D eigenvalue weighted by molar-refractivity contribution is 8.26. The van der Waals surface area contributed by atoms with Crippen LogP contribution in [0.5, 0.6) is 0 Å². The third-order valence-corrected chi connectivity index (χ3v) is 10.8. The Balaban J connectivity index is 1.30. The molecule has 4 bridgehead atoms. The minimum Gasteiger partial charge on any atom is -0.396 e. The van der Waals surface area contributed by atoms with Crippen LogP contribution in [0.3, 0.4) is 0 Å². The third kappa shape index (κ3) is 4.70. The molecule has 1 N–H and O–H groups in total. The number of thiophene rings is 1. The van der Waals surface area contributed by atoms with Crippen LogP contribution in [-0.2, 0) is 4.79 Å². The van der Waals surface area contributed by atoms with Crippen LogP contribution >= 0.6 is 46.9 Å². The summed E-state index contributed by atoms with van der Waals surface area (Å²) in [6.45, 7) is 0.133. The quantitative estimate of drug-likeness (QED) is 0.184. The van der Waals surface area contributed by atoms with E-state index in [1.54, 1.807) is 11.3 Å². The minimum absolute atomic E-state index is 0.0723. The molecular formula is C29H28ClNO2S3. The number of hydrogen-bond acceptors (Lipinski definition) is 5. The maximum atomic E-state index is 13.7. The molecule has 0 atom stereocenters. The van der Waals surface area contributed by atoms with Gasteiger partial charge in [0, 0.05) is 39.4 Å². The molecule has 0 radical (unpaired) electrons. The van der Waals surface area contributed by atoms with E-state index in [4.69, 9.17) is 28.9 Å². The van der Waals surface area contributed by atoms with Crippen LogP contribution in [0.2, 0.25) is 5.02 Å². The Kier molecular flexibility index (Phi) is 7.05. The molecule has 2 aromatic rings. The van der Waals surface area contributed by atoms with Crippen LogP contribution in [-0.4, -0.2) is 32.9 Å². The standard InChI is InChI=1S/C29H28ClNO2S3/c30-23-7-5-19(6-8-23)24-15-20(4-2-1-3-9-32)25(35-24)16-26-28(33)31(29(34)36-26)27-21-11-17-10-18(13-21)14-22(27)12-17/h5-8,15-18,21-22,27,32H,1,3,9-14H2. The van der Waals surface area contributed by atoms with Gasteiger partial charge in [-0.15, -0.1) is 11.3 Å². The van der Waals surface area contributed by atoms with Crippen molar-refractivity contribution in [3.05, 3.63) is 50.7 Å². The van der Waals surface area contributed by atoms with Crippen molar-refractivity contribution in [2.24, 2.45) is 23.7 Å². The molecular weight excluding hydrogens is 526 g/mol. The van der Waals surface area contributed by atoms with E-state index in [1.165, 1.54) is 43.9 Å². The zero-order valence-corrected chi connectivity index (χ0v) is 23.1. The Morgan fingerprint density at radius 1 is 1.11 bits per heavy atom. The van der Waals surface area contributed by atoms with Gasteiger partial charge in [-0.25, -0.2) is 0 Å². The summed E-state index contributed by atoms with van der Waals surface area (Å²) in [5.74, 6) is 9.46. The number of nitrogens with zero attached hydrogens (tertiary/aromatic N) is 1. The average molecular weight is 554 g/mol. The van der Waals surface area contributed by atoms with Crippen LogP contribution < -0.4 is 0 Å². The Labute approximate surface area is 231 Å². The SMILES string of the molecule is O=C1C(=Cc2sc(-c3ccc(Cl)cc3)cc2C#CCCCO)SC(=S)N1C1C2CC3CC(C2)CC1C3. The minimum atomic E-state index is 0.0723. The van der Waals surface area contributed by atoms with E-state index in [-0.39, 0.29) is 18.6 Å². The van der Waals surface area contributed by atoms with Crippen LogP contribution in [0.25, 0.3) is 16.5 Å². The summed E-state index contributed by atoms with van der Waals surface area (Å²) in [5.41, 5.74) is 1.98. The molecule has 1 aromatic heterocycles. The van der Waals surface area contributed by atoms with Crippen molar-refractivity contribution in [3.63, 3.8) is 0 Å². The third-order valence-electron chi connectivity index (χ3n) is 8.13. The fraction of sp³-hybridized carbons (Fsp3) is 0.448. The lowest BCUT2D eigenvalue weighted by Gasteiger charge is -2.56. The summed E-state index contributed by atoms with van der Waals surface area (Å²) < 4.78 is 0.716. The van der Waals surface area contributed by atoms with Gasteiger partial charge in [-0.2, -0.15) is 0 Å². The molecule has 3 nitrogen and oxygen atoms in total. The Bertz CT molecular complexity index is 1260. The molecule has 186 valence electrons. The number of rotatable bonds is 5. The van der Waals surface area contributed by atoms with E-state index in [9.17, 15) is 4.79 Å². The van der Waals surface area contributed by atoms with Gasteiger partial charge in [-0.1, -0.05) is 59.6 Å². The smallest absolute Gasteiger partial charge is 0.266 e. The summed E-state index contributed by atoms with van der Waals surface area (Å²) in [4.78, 5) is 18.5. The number of thiocarbonyl (C=S) groups is 1. The molecule has 7 heteroatoms. The second kappa shape index (κ2) is 10.3. The fourth-order valence-corrected chi connectivity index (χ4v) is 9.46. The molecule has 5 fully saturated rings. The molecule has 4 saturated carbocycles. The number of amides is 1. The Hall–Kier alpha value is -1.62. The predicted molar refractivity (Wildman–Crippen MR) is 154 cm³/mol. The average Bonchev–Trinajstić information content (AvgIpc) is 3.37. The van der Waals surface area contributed by atoms with Crippen molar-refractivity contribution in [2.75, 3.05) is 6.61 Å². The number of unbranched alkanes of at least 4 members (excludes halogenated alkanes) is 1. The number of aliphatic hydroxyl groups excluding tert-OH is 1. The number of benzene rings is 1. The first kappa shape index (κ1) is 24.7. The molecule has 1 aliphatic heterocycles. The molecule has 0 spiro atoms. The van der Waals surface area contributed by atoms with Crippen molar-refractivity contribution < 1.29 is 9.90 Å². The number of hydrogen-bond donors (Lipinski definition) is 1.